The van der Waals surface area contributed by atoms with Crippen molar-refractivity contribution in [3.05, 3.63) is 71.8 Å². The highest BCUT2D eigenvalue weighted by Crippen LogP contribution is 2.19. The van der Waals surface area contributed by atoms with Crippen molar-refractivity contribution in [3.63, 3.8) is 0 Å². The standard InChI is InChI=1S/C22H22FN5O2/c23-17-12-18(21-19(13-17)24-6-7-25-21)22(30)28-10-8-27(9-11-28)15-20(29)26-14-16-4-2-1-3-5-16/h1-7,12-13H,8-11,14-15H2,(H,26,29). The van der Waals surface area contributed by atoms with Gasteiger partial charge in [-0.15, -0.1) is 0 Å². The fourth-order valence-electron chi connectivity index (χ4n) is 3.54. The van der Waals surface area contributed by atoms with E-state index in [9.17, 15) is 14.0 Å². The predicted octanol–water partition coefficient (Wildman–Crippen LogP) is 1.84. The molecule has 0 radical (unpaired) electrons. The molecule has 4 rings (SSSR count). The molecule has 1 fully saturated rings. The summed E-state index contributed by atoms with van der Waals surface area (Å²) in [4.78, 5) is 37.1. The van der Waals surface area contributed by atoms with Gasteiger partial charge in [-0.25, -0.2) is 4.39 Å². The Morgan fingerprint density at radius 1 is 1.00 bits per heavy atom. The molecule has 2 heterocycles. The third kappa shape index (κ3) is 4.60. The Balaban J connectivity index is 1.32. The molecule has 1 aliphatic rings. The van der Waals surface area contributed by atoms with Gasteiger partial charge in [-0.3, -0.25) is 24.5 Å². The lowest BCUT2D eigenvalue weighted by Gasteiger charge is -2.34. The van der Waals surface area contributed by atoms with Gasteiger partial charge in [-0.05, 0) is 11.6 Å². The normalized spacial score (nSPS) is 14.6. The number of fused-ring (bicyclic) bond motifs is 1. The molecule has 1 N–H and O–H groups in total. The third-order valence-corrected chi connectivity index (χ3v) is 5.13. The number of rotatable bonds is 5. The number of carbonyl (C=O) groups is 2. The Morgan fingerprint density at radius 2 is 1.73 bits per heavy atom. The van der Waals surface area contributed by atoms with Crippen LogP contribution in [-0.2, 0) is 11.3 Å². The Hall–Kier alpha value is -3.39. The topological polar surface area (TPSA) is 78.4 Å². The molecule has 3 aromatic rings. The summed E-state index contributed by atoms with van der Waals surface area (Å²) in [5.41, 5.74) is 2.01. The summed E-state index contributed by atoms with van der Waals surface area (Å²) in [5, 5.41) is 2.91. The van der Waals surface area contributed by atoms with Crippen LogP contribution in [-0.4, -0.2) is 64.3 Å². The number of hydrogen-bond acceptors (Lipinski definition) is 5. The second-order valence-corrected chi connectivity index (χ2v) is 7.21. The molecule has 1 aliphatic heterocycles. The van der Waals surface area contributed by atoms with Gasteiger partial charge >= 0.3 is 0 Å². The van der Waals surface area contributed by atoms with Crippen LogP contribution in [0.5, 0.6) is 0 Å². The molecule has 0 saturated carbocycles. The zero-order valence-corrected chi connectivity index (χ0v) is 16.4. The lowest BCUT2D eigenvalue weighted by molar-refractivity contribution is -0.122. The Labute approximate surface area is 173 Å². The van der Waals surface area contributed by atoms with E-state index in [1.54, 1.807) is 4.90 Å². The number of benzene rings is 2. The number of aromatic nitrogens is 2. The molecular weight excluding hydrogens is 385 g/mol. The molecule has 0 unspecified atom stereocenters. The Morgan fingerprint density at radius 3 is 2.50 bits per heavy atom. The van der Waals surface area contributed by atoms with Crippen LogP contribution in [0.15, 0.2) is 54.9 Å². The van der Waals surface area contributed by atoms with Gasteiger partial charge in [0.15, 0.2) is 0 Å². The highest BCUT2D eigenvalue weighted by atomic mass is 19.1. The molecule has 2 aromatic carbocycles. The maximum Gasteiger partial charge on any atom is 0.256 e. The van der Waals surface area contributed by atoms with E-state index in [2.05, 4.69) is 15.3 Å². The van der Waals surface area contributed by atoms with E-state index in [0.717, 1.165) is 5.56 Å². The number of nitrogens with one attached hydrogen (secondary N) is 1. The van der Waals surface area contributed by atoms with Crippen molar-refractivity contribution in [1.29, 1.82) is 0 Å². The number of carbonyl (C=O) groups excluding carboxylic acids is 2. The summed E-state index contributed by atoms with van der Waals surface area (Å²) in [6.07, 6.45) is 2.96. The first-order valence-electron chi connectivity index (χ1n) is 9.82. The molecule has 1 aromatic heterocycles. The van der Waals surface area contributed by atoms with Crippen LogP contribution in [0.2, 0.25) is 0 Å². The van der Waals surface area contributed by atoms with Crippen molar-refractivity contribution in [1.82, 2.24) is 25.1 Å². The molecule has 1 saturated heterocycles. The van der Waals surface area contributed by atoms with Crippen molar-refractivity contribution in [2.75, 3.05) is 32.7 Å². The van der Waals surface area contributed by atoms with Gasteiger partial charge in [0.05, 0.1) is 17.6 Å². The summed E-state index contributed by atoms with van der Waals surface area (Å²) in [6, 6.07) is 12.2. The fraction of sp³-hybridized carbons (Fsp3) is 0.273. The highest BCUT2D eigenvalue weighted by Gasteiger charge is 2.25. The van der Waals surface area contributed by atoms with Gasteiger partial charge in [-0.2, -0.15) is 0 Å². The van der Waals surface area contributed by atoms with Crippen LogP contribution in [0, 0.1) is 5.82 Å². The van der Waals surface area contributed by atoms with Crippen molar-refractivity contribution < 1.29 is 14.0 Å². The molecular formula is C22H22FN5O2. The first-order chi connectivity index (χ1) is 14.6. The largest absolute Gasteiger partial charge is 0.351 e. The molecule has 2 amide bonds. The molecule has 0 aliphatic carbocycles. The zero-order chi connectivity index (χ0) is 20.9. The summed E-state index contributed by atoms with van der Waals surface area (Å²) in [7, 11) is 0. The second-order valence-electron chi connectivity index (χ2n) is 7.21. The van der Waals surface area contributed by atoms with Gasteiger partial charge < -0.3 is 10.2 Å². The average Bonchev–Trinajstić information content (AvgIpc) is 2.78. The third-order valence-electron chi connectivity index (χ3n) is 5.13. The van der Waals surface area contributed by atoms with E-state index >= 15 is 0 Å². The maximum absolute atomic E-state index is 13.9. The summed E-state index contributed by atoms with van der Waals surface area (Å²) >= 11 is 0. The van der Waals surface area contributed by atoms with Crippen LogP contribution in [0.25, 0.3) is 11.0 Å². The SMILES string of the molecule is O=C(CN1CCN(C(=O)c2cc(F)cc3nccnc23)CC1)NCc1ccccc1. The summed E-state index contributed by atoms with van der Waals surface area (Å²) < 4.78 is 13.9. The van der Waals surface area contributed by atoms with Gasteiger partial charge in [0.2, 0.25) is 5.91 Å². The average molecular weight is 407 g/mol. The Kier molecular flexibility index (Phi) is 5.94. The molecule has 0 spiro atoms. The minimum atomic E-state index is -0.514. The number of amides is 2. The number of nitrogens with zero attached hydrogens (tertiary/aromatic N) is 4. The van der Waals surface area contributed by atoms with Gasteiger partial charge in [0.1, 0.15) is 11.3 Å². The van der Waals surface area contributed by atoms with Gasteiger partial charge in [-0.1, -0.05) is 30.3 Å². The smallest absolute Gasteiger partial charge is 0.256 e. The molecule has 0 atom stereocenters. The van der Waals surface area contributed by atoms with Crippen molar-refractivity contribution in [2.45, 2.75) is 6.54 Å². The minimum Gasteiger partial charge on any atom is -0.351 e. The number of piperazine rings is 1. The Bertz CT molecular complexity index is 1050. The molecule has 7 nitrogen and oxygen atoms in total. The van der Waals surface area contributed by atoms with E-state index in [4.69, 9.17) is 0 Å². The predicted molar refractivity (Wildman–Crippen MR) is 110 cm³/mol. The monoisotopic (exact) mass is 407 g/mol. The van der Waals surface area contributed by atoms with E-state index in [1.807, 2.05) is 35.2 Å². The van der Waals surface area contributed by atoms with Crippen molar-refractivity contribution >= 4 is 22.8 Å². The maximum atomic E-state index is 13.9. The highest BCUT2D eigenvalue weighted by molar-refractivity contribution is 6.04. The lowest BCUT2D eigenvalue weighted by Crippen LogP contribution is -2.51. The van der Waals surface area contributed by atoms with E-state index < -0.39 is 5.82 Å². The zero-order valence-electron chi connectivity index (χ0n) is 16.4. The van der Waals surface area contributed by atoms with Gasteiger partial charge in [0, 0.05) is 51.2 Å². The first kappa shape index (κ1) is 19.9. The van der Waals surface area contributed by atoms with Gasteiger partial charge in [0.25, 0.3) is 5.91 Å². The fourth-order valence-corrected chi connectivity index (χ4v) is 3.54. The molecule has 0 bridgehead atoms. The number of halogens is 1. The van der Waals surface area contributed by atoms with Crippen LogP contribution in [0.4, 0.5) is 4.39 Å². The van der Waals surface area contributed by atoms with E-state index in [0.29, 0.717) is 43.8 Å². The quantitative estimate of drug-likeness (QED) is 0.698. The van der Waals surface area contributed by atoms with Crippen LogP contribution >= 0.6 is 0 Å². The van der Waals surface area contributed by atoms with Crippen molar-refractivity contribution in [2.24, 2.45) is 0 Å². The summed E-state index contributed by atoms with van der Waals surface area (Å²) in [5.74, 6) is -0.835. The van der Waals surface area contributed by atoms with Crippen LogP contribution in [0.3, 0.4) is 0 Å². The first-order valence-corrected chi connectivity index (χ1v) is 9.82. The molecule has 8 heteroatoms. The minimum absolute atomic E-state index is 0.0509. The summed E-state index contributed by atoms with van der Waals surface area (Å²) in [6.45, 7) is 2.84. The van der Waals surface area contributed by atoms with Crippen LogP contribution in [0.1, 0.15) is 15.9 Å². The molecule has 30 heavy (non-hydrogen) atoms. The van der Waals surface area contributed by atoms with Crippen LogP contribution < -0.4 is 5.32 Å². The second kappa shape index (κ2) is 8.96. The van der Waals surface area contributed by atoms with E-state index in [-0.39, 0.29) is 23.9 Å². The lowest BCUT2D eigenvalue weighted by atomic mass is 10.1. The number of hydrogen-bond donors (Lipinski definition) is 1. The van der Waals surface area contributed by atoms with Crippen molar-refractivity contribution in [3.8, 4) is 0 Å². The van der Waals surface area contributed by atoms with E-state index in [1.165, 1.54) is 24.5 Å². The molecule has 154 valence electrons.